The number of benzene rings is 6. The molecule has 0 aliphatic rings. The summed E-state index contributed by atoms with van der Waals surface area (Å²) >= 11 is 0. The van der Waals surface area contributed by atoms with Crippen molar-refractivity contribution >= 4 is 30.1 Å². The molecule has 0 spiro atoms. The molecule has 0 fully saturated rings. The molecule has 1 amide bonds. The van der Waals surface area contributed by atoms with E-state index in [2.05, 4.69) is 73.8 Å². The summed E-state index contributed by atoms with van der Waals surface area (Å²) in [5, 5.41) is 10.6. The van der Waals surface area contributed by atoms with Crippen molar-refractivity contribution in [3.63, 3.8) is 0 Å². The zero-order chi connectivity index (χ0) is 52.4. The van der Waals surface area contributed by atoms with E-state index in [9.17, 15) is 19.2 Å². The van der Waals surface area contributed by atoms with Gasteiger partial charge in [-0.2, -0.15) is 0 Å². The molecule has 0 aromatic heterocycles. The molecule has 0 aliphatic carbocycles. The standard InChI is InChI=1S/C18H18O2.2C13H18O2.C10H13NO2.C9H12/c19-18(14-13-17-10-5-2-6-11-17)20-15-7-12-16-8-3-1-4-9-16;1-10(2)13(14)15-9-11(3)12-7-5-4-6-8-12;1-11(2)13(14)15-10-6-9-12-7-4-3-5-8-12;12-10(13)11-8-4-7-9-5-2-1-3-6-9;1-2-6-9-7-4-3-5-8-9/h1-6,8-11,13-14H,7,12,15H2;4-8,10-11H,9H2,1-3H3;3-5,7-8,11H,6,9-10H2,1-2H3;1-3,5-6,11H,4,7-8H2,(H,12,13);3-5,7-8H,2,6H2,1H3/b14-13+;;;;. The van der Waals surface area contributed by atoms with Crippen LogP contribution in [-0.2, 0) is 54.3 Å². The van der Waals surface area contributed by atoms with E-state index >= 15 is 0 Å². The Morgan fingerprint density at radius 3 is 1.28 bits per heavy atom. The van der Waals surface area contributed by atoms with Crippen LogP contribution in [0, 0.1) is 11.8 Å². The molecule has 0 radical (unpaired) electrons. The maximum Gasteiger partial charge on any atom is 0.404 e. The first kappa shape index (κ1) is 60.9. The van der Waals surface area contributed by atoms with Crippen LogP contribution >= 0.6 is 0 Å². The summed E-state index contributed by atoms with van der Waals surface area (Å²) in [7, 11) is 0. The molecule has 9 nitrogen and oxygen atoms in total. The quantitative estimate of drug-likeness (QED) is 0.0316. The largest absolute Gasteiger partial charge is 0.465 e. The third kappa shape index (κ3) is 31.8. The average Bonchev–Trinajstić information content (AvgIpc) is 3.41. The van der Waals surface area contributed by atoms with Gasteiger partial charge in [0.05, 0.1) is 31.7 Å². The molecule has 6 aromatic carbocycles. The lowest BCUT2D eigenvalue weighted by molar-refractivity contribution is -0.148. The summed E-state index contributed by atoms with van der Waals surface area (Å²) in [4.78, 5) is 44.0. The van der Waals surface area contributed by atoms with Gasteiger partial charge in [-0.05, 0) is 84.4 Å². The third-order valence-corrected chi connectivity index (χ3v) is 10.5. The number of carboxylic acid groups (broad SMARTS) is 1. The molecule has 6 aromatic rings. The predicted molar refractivity (Wildman–Crippen MR) is 294 cm³/mol. The van der Waals surface area contributed by atoms with Crippen LogP contribution in [0.1, 0.15) is 107 Å². The van der Waals surface area contributed by atoms with E-state index in [1.165, 1.54) is 46.7 Å². The summed E-state index contributed by atoms with van der Waals surface area (Å²) in [5.74, 6) is -0.341. The molecule has 0 saturated carbocycles. The van der Waals surface area contributed by atoms with Crippen LogP contribution in [0.5, 0.6) is 0 Å². The molecule has 0 bridgehead atoms. The van der Waals surface area contributed by atoms with Crippen LogP contribution in [0.4, 0.5) is 4.79 Å². The lowest BCUT2D eigenvalue weighted by Crippen LogP contribution is -2.22. The Balaban J connectivity index is 0.000000315. The van der Waals surface area contributed by atoms with Gasteiger partial charge in [-0.25, -0.2) is 9.59 Å². The summed E-state index contributed by atoms with van der Waals surface area (Å²) in [6, 6.07) is 60.8. The van der Waals surface area contributed by atoms with Crippen molar-refractivity contribution in [3.8, 4) is 0 Å². The summed E-state index contributed by atoms with van der Waals surface area (Å²) in [6.07, 6.45) is 10.1. The van der Waals surface area contributed by atoms with Crippen LogP contribution in [0.25, 0.3) is 6.08 Å². The number of rotatable bonds is 21. The summed E-state index contributed by atoms with van der Waals surface area (Å²) < 4.78 is 15.4. The number of amides is 1. The van der Waals surface area contributed by atoms with Gasteiger partial charge in [0, 0.05) is 18.5 Å². The fourth-order valence-electron chi connectivity index (χ4n) is 6.45. The van der Waals surface area contributed by atoms with Crippen molar-refractivity contribution < 1.29 is 38.5 Å². The van der Waals surface area contributed by atoms with Gasteiger partial charge < -0.3 is 24.6 Å². The molecular weight excluding hydrogens is 899 g/mol. The number of esters is 3. The van der Waals surface area contributed by atoms with E-state index in [1.807, 2.05) is 155 Å². The molecular formula is C63H79NO8. The Morgan fingerprint density at radius 1 is 0.486 bits per heavy atom. The molecule has 1 unspecified atom stereocenters. The van der Waals surface area contributed by atoms with Gasteiger partial charge in [0.25, 0.3) is 0 Å². The van der Waals surface area contributed by atoms with Crippen LogP contribution in [0.2, 0.25) is 0 Å². The molecule has 2 N–H and O–H groups in total. The molecule has 6 rings (SSSR count). The van der Waals surface area contributed by atoms with E-state index in [0.29, 0.717) is 26.4 Å². The Kier molecular flexibility index (Phi) is 33.4. The zero-order valence-corrected chi connectivity index (χ0v) is 43.5. The van der Waals surface area contributed by atoms with Gasteiger partial charge in [0.1, 0.15) is 0 Å². The second kappa shape index (κ2) is 39.5. The Morgan fingerprint density at radius 2 is 0.861 bits per heavy atom. The smallest absolute Gasteiger partial charge is 0.404 e. The topological polar surface area (TPSA) is 128 Å². The van der Waals surface area contributed by atoms with Crippen molar-refractivity contribution in [1.29, 1.82) is 0 Å². The molecule has 1 atom stereocenters. The van der Waals surface area contributed by atoms with E-state index in [0.717, 1.165) is 44.1 Å². The number of carbonyl (C=O) groups excluding carboxylic acids is 3. The summed E-state index contributed by atoms with van der Waals surface area (Å²) in [5.41, 5.74) is 7.44. The Labute approximate surface area is 430 Å². The highest BCUT2D eigenvalue weighted by Gasteiger charge is 2.12. The van der Waals surface area contributed by atoms with Gasteiger partial charge in [-0.1, -0.05) is 230 Å². The monoisotopic (exact) mass is 978 g/mol. The highest BCUT2D eigenvalue weighted by atomic mass is 16.5. The predicted octanol–water partition coefficient (Wildman–Crippen LogP) is 14.2. The fraction of sp³-hybridized carbons (Fsp3) is 0.333. The molecule has 72 heavy (non-hydrogen) atoms. The number of hydrogen-bond acceptors (Lipinski definition) is 7. The summed E-state index contributed by atoms with van der Waals surface area (Å²) in [6.45, 7) is 13.6. The highest BCUT2D eigenvalue weighted by molar-refractivity contribution is 5.87. The molecule has 9 heteroatoms. The zero-order valence-electron chi connectivity index (χ0n) is 43.5. The van der Waals surface area contributed by atoms with Gasteiger partial charge >= 0.3 is 24.0 Å². The van der Waals surface area contributed by atoms with Gasteiger partial charge in [-0.3, -0.25) is 9.59 Å². The fourth-order valence-corrected chi connectivity index (χ4v) is 6.45. The number of aryl methyl sites for hydroxylation is 4. The van der Waals surface area contributed by atoms with E-state index in [1.54, 1.807) is 6.08 Å². The minimum absolute atomic E-state index is 0.0262. The SMILES string of the molecule is CC(C)C(=O)OCC(C)c1ccccc1.CC(C)C(=O)OCCCc1ccccc1.CCCc1ccccc1.O=C(/C=C/c1ccccc1)OCCCc1ccccc1.O=C(O)NCCCc1ccccc1. The lowest BCUT2D eigenvalue weighted by atomic mass is 10.0. The van der Waals surface area contributed by atoms with Crippen molar-refractivity contribution in [2.45, 2.75) is 98.8 Å². The first-order valence-electron chi connectivity index (χ1n) is 25.3. The minimum Gasteiger partial charge on any atom is -0.465 e. The number of carbonyl (C=O) groups is 4. The van der Waals surface area contributed by atoms with E-state index in [4.69, 9.17) is 19.3 Å². The van der Waals surface area contributed by atoms with E-state index in [-0.39, 0.29) is 35.7 Å². The van der Waals surface area contributed by atoms with Crippen LogP contribution in [-0.4, -0.2) is 55.5 Å². The second-order valence-electron chi connectivity index (χ2n) is 17.6. The van der Waals surface area contributed by atoms with Crippen LogP contribution in [0.3, 0.4) is 0 Å². The van der Waals surface area contributed by atoms with Gasteiger partial charge in [0.15, 0.2) is 0 Å². The second-order valence-corrected chi connectivity index (χ2v) is 17.6. The highest BCUT2D eigenvalue weighted by Crippen LogP contribution is 2.15. The van der Waals surface area contributed by atoms with Crippen molar-refractivity contribution in [3.05, 3.63) is 221 Å². The Hall–Kier alpha value is -7.26. The normalized spacial score (nSPS) is 10.6. The van der Waals surface area contributed by atoms with Crippen LogP contribution < -0.4 is 5.32 Å². The van der Waals surface area contributed by atoms with Gasteiger partial charge in [0.2, 0.25) is 0 Å². The first-order valence-corrected chi connectivity index (χ1v) is 25.3. The third-order valence-electron chi connectivity index (χ3n) is 10.5. The number of nitrogens with one attached hydrogen (secondary N) is 1. The Bertz CT molecular complexity index is 2310. The van der Waals surface area contributed by atoms with Crippen molar-refractivity contribution in [2.24, 2.45) is 11.8 Å². The van der Waals surface area contributed by atoms with Crippen molar-refractivity contribution in [2.75, 3.05) is 26.4 Å². The molecule has 0 heterocycles. The average molecular weight is 978 g/mol. The molecule has 384 valence electrons. The number of ether oxygens (including phenoxy) is 3. The molecule has 0 saturated heterocycles. The maximum absolute atomic E-state index is 11.5. The molecule has 0 aliphatic heterocycles. The first-order chi connectivity index (χ1) is 34.9. The lowest BCUT2D eigenvalue weighted by Gasteiger charge is -2.13. The minimum atomic E-state index is -0.951. The van der Waals surface area contributed by atoms with Crippen molar-refractivity contribution in [1.82, 2.24) is 5.32 Å². The number of hydrogen-bond donors (Lipinski definition) is 2. The maximum atomic E-state index is 11.5. The van der Waals surface area contributed by atoms with E-state index < -0.39 is 6.09 Å². The van der Waals surface area contributed by atoms with Gasteiger partial charge in [-0.15, -0.1) is 0 Å². The van der Waals surface area contributed by atoms with Crippen LogP contribution in [0.15, 0.2) is 188 Å².